The fourth-order valence-corrected chi connectivity index (χ4v) is 2.88. The van der Waals surface area contributed by atoms with Crippen molar-refractivity contribution in [2.75, 3.05) is 18.4 Å². The van der Waals surface area contributed by atoms with Gasteiger partial charge in [-0.05, 0) is 30.7 Å². The lowest BCUT2D eigenvalue weighted by molar-refractivity contribution is -0.114. The van der Waals surface area contributed by atoms with Gasteiger partial charge in [-0.3, -0.25) is 14.4 Å². The van der Waals surface area contributed by atoms with Crippen LogP contribution in [0.1, 0.15) is 45.1 Å². The number of anilines is 1. The van der Waals surface area contributed by atoms with Gasteiger partial charge < -0.3 is 5.32 Å². The lowest BCUT2D eigenvalue weighted by Crippen LogP contribution is -2.24. The standard InChI is InChI=1S/C14H22N8O/c1-10(2)22-14(16-18-19-22)9-20-6-4-12(8-20)21-7-5-13(17-21)15-11(3)23/h5,7,10,12H,4,6,8-9H2,1-3H3,(H,15,17,23). The highest BCUT2D eigenvalue weighted by Crippen LogP contribution is 2.23. The summed E-state index contributed by atoms with van der Waals surface area (Å²) in [6, 6.07) is 2.38. The van der Waals surface area contributed by atoms with Gasteiger partial charge in [-0.15, -0.1) is 5.10 Å². The Balaban J connectivity index is 1.61. The molecule has 9 nitrogen and oxygen atoms in total. The molecule has 0 saturated carbocycles. The quantitative estimate of drug-likeness (QED) is 0.878. The van der Waals surface area contributed by atoms with Gasteiger partial charge in [-0.2, -0.15) is 5.10 Å². The molecule has 3 rings (SSSR count). The summed E-state index contributed by atoms with van der Waals surface area (Å²) in [5, 5.41) is 19.1. The van der Waals surface area contributed by atoms with Crippen molar-refractivity contribution >= 4 is 11.7 Å². The fourth-order valence-electron chi connectivity index (χ4n) is 2.88. The average Bonchev–Trinajstić information content (AvgIpc) is 3.18. The van der Waals surface area contributed by atoms with Crippen molar-refractivity contribution in [2.24, 2.45) is 0 Å². The second kappa shape index (κ2) is 6.45. The average molecular weight is 318 g/mol. The number of tetrazole rings is 1. The summed E-state index contributed by atoms with van der Waals surface area (Å²) < 4.78 is 3.78. The van der Waals surface area contributed by atoms with Gasteiger partial charge in [0.25, 0.3) is 0 Å². The van der Waals surface area contributed by atoms with Crippen LogP contribution in [0.2, 0.25) is 0 Å². The van der Waals surface area contributed by atoms with E-state index < -0.39 is 0 Å². The van der Waals surface area contributed by atoms with Crippen LogP contribution in [0.15, 0.2) is 12.3 Å². The molecule has 2 aromatic heterocycles. The minimum atomic E-state index is -0.108. The van der Waals surface area contributed by atoms with E-state index in [4.69, 9.17) is 0 Å². The van der Waals surface area contributed by atoms with Crippen LogP contribution in [-0.2, 0) is 11.3 Å². The third-order valence-corrected chi connectivity index (χ3v) is 3.95. The molecule has 9 heteroatoms. The molecule has 0 aliphatic carbocycles. The number of carbonyl (C=O) groups excluding carboxylic acids is 1. The molecule has 1 aliphatic rings. The van der Waals surface area contributed by atoms with E-state index in [1.165, 1.54) is 6.92 Å². The van der Waals surface area contributed by atoms with E-state index in [-0.39, 0.29) is 11.9 Å². The molecule has 0 bridgehead atoms. The van der Waals surface area contributed by atoms with Gasteiger partial charge >= 0.3 is 0 Å². The van der Waals surface area contributed by atoms with E-state index >= 15 is 0 Å². The molecular formula is C14H22N8O. The van der Waals surface area contributed by atoms with Crippen molar-refractivity contribution in [1.29, 1.82) is 0 Å². The highest BCUT2D eigenvalue weighted by atomic mass is 16.1. The molecule has 0 aromatic carbocycles. The summed E-state index contributed by atoms with van der Waals surface area (Å²) >= 11 is 0. The van der Waals surface area contributed by atoms with Crippen molar-refractivity contribution < 1.29 is 4.79 Å². The van der Waals surface area contributed by atoms with E-state index in [0.29, 0.717) is 11.9 Å². The first-order valence-corrected chi connectivity index (χ1v) is 7.84. The van der Waals surface area contributed by atoms with Crippen LogP contribution < -0.4 is 5.32 Å². The molecule has 1 amide bonds. The van der Waals surface area contributed by atoms with Gasteiger partial charge in [0.1, 0.15) is 0 Å². The van der Waals surface area contributed by atoms with E-state index in [2.05, 4.69) is 44.7 Å². The van der Waals surface area contributed by atoms with Crippen molar-refractivity contribution in [3.8, 4) is 0 Å². The zero-order valence-electron chi connectivity index (χ0n) is 13.7. The summed E-state index contributed by atoms with van der Waals surface area (Å²) in [5.41, 5.74) is 0. The third-order valence-electron chi connectivity index (χ3n) is 3.95. The summed E-state index contributed by atoms with van der Waals surface area (Å²) in [6.07, 6.45) is 2.93. The van der Waals surface area contributed by atoms with E-state index in [0.717, 1.165) is 31.9 Å². The second-order valence-corrected chi connectivity index (χ2v) is 6.17. The molecule has 23 heavy (non-hydrogen) atoms. The largest absolute Gasteiger partial charge is 0.309 e. The Bertz CT molecular complexity index is 676. The summed E-state index contributed by atoms with van der Waals surface area (Å²) in [7, 11) is 0. The number of likely N-dealkylation sites (tertiary alicyclic amines) is 1. The van der Waals surface area contributed by atoms with Crippen LogP contribution in [0.3, 0.4) is 0 Å². The minimum Gasteiger partial charge on any atom is -0.309 e. The zero-order valence-corrected chi connectivity index (χ0v) is 13.7. The van der Waals surface area contributed by atoms with Gasteiger partial charge in [0.05, 0.1) is 18.6 Å². The maximum atomic E-state index is 11.1. The van der Waals surface area contributed by atoms with E-state index in [1.54, 1.807) is 0 Å². The van der Waals surface area contributed by atoms with Crippen molar-refractivity contribution in [1.82, 2.24) is 34.9 Å². The Morgan fingerprint density at radius 2 is 2.30 bits per heavy atom. The van der Waals surface area contributed by atoms with Crippen molar-refractivity contribution in [2.45, 2.75) is 45.8 Å². The molecule has 2 aromatic rings. The van der Waals surface area contributed by atoms with Gasteiger partial charge in [0.2, 0.25) is 5.91 Å². The molecule has 1 N–H and O–H groups in total. The van der Waals surface area contributed by atoms with Crippen LogP contribution in [-0.4, -0.2) is 53.9 Å². The zero-order chi connectivity index (χ0) is 16.4. The molecule has 0 radical (unpaired) electrons. The van der Waals surface area contributed by atoms with Gasteiger partial charge in [0, 0.05) is 32.3 Å². The number of hydrogen-bond donors (Lipinski definition) is 1. The summed E-state index contributed by atoms with van der Waals surface area (Å²) in [4.78, 5) is 13.4. The number of carbonyl (C=O) groups is 1. The molecule has 1 saturated heterocycles. The Labute approximate surface area is 134 Å². The van der Waals surface area contributed by atoms with Crippen LogP contribution >= 0.6 is 0 Å². The van der Waals surface area contributed by atoms with Crippen LogP contribution in [0.25, 0.3) is 0 Å². The Morgan fingerprint density at radius 3 is 3.04 bits per heavy atom. The van der Waals surface area contributed by atoms with Gasteiger partial charge in [-0.25, -0.2) is 4.68 Å². The number of amides is 1. The highest BCUT2D eigenvalue weighted by Gasteiger charge is 2.26. The maximum absolute atomic E-state index is 11.1. The third kappa shape index (κ3) is 3.55. The number of rotatable bonds is 5. The molecule has 1 unspecified atom stereocenters. The van der Waals surface area contributed by atoms with Crippen molar-refractivity contribution in [3.05, 3.63) is 18.1 Å². The minimum absolute atomic E-state index is 0.108. The predicted octanol–water partition coefficient (Wildman–Crippen LogP) is 0.856. The van der Waals surface area contributed by atoms with Crippen molar-refractivity contribution in [3.63, 3.8) is 0 Å². The van der Waals surface area contributed by atoms with Crippen LogP contribution in [0.4, 0.5) is 5.82 Å². The molecule has 1 fully saturated rings. The second-order valence-electron chi connectivity index (χ2n) is 6.17. The Hall–Kier alpha value is -2.29. The molecular weight excluding hydrogens is 296 g/mol. The lowest BCUT2D eigenvalue weighted by Gasteiger charge is -2.16. The molecule has 0 spiro atoms. The monoisotopic (exact) mass is 318 g/mol. The van der Waals surface area contributed by atoms with Gasteiger partial charge in [-0.1, -0.05) is 0 Å². The topological polar surface area (TPSA) is 93.8 Å². The number of hydrogen-bond acceptors (Lipinski definition) is 6. The number of nitrogens with zero attached hydrogens (tertiary/aromatic N) is 7. The van der Waals surface area contributed by atoms with Crippen LogP contribution in [0, 0.1) is 0 Å². The maximum Gasteiger partial charge on any atom is 0.222 e. The summed E-state index contributed by atoms with van der Waals surface area (Å²) in [5.74, 6) is 1.38. The molecule has 124 valence electrons. The van der Waals surface area contributed by atoms with E-state index in [9.17, 15) is 4.79 Å². The SMILES string of the molecule is CC(=O)Nc1ccn(C2CCN(Cc3nnnn3C(C)C)C2)n1. The van der Waals surface area contributed by atoms with Gasteiger partial charge in [0.15, 0.2) is 11.6 Å². The lowest BCUT2D eigenvalue weighted by atomic mass is 10.3. The normalized spacial score (nSPS) is 18.7. The van der Waals surface area contributed by atoms with Crippen LogP contribution in [0.5, 0.6) is 0 Å². The number of nitrogens with one attached hydrogen (secondary N) is 1. The Morgan fingerprint density at radius 1 is 1.48 bits per heavy atom. The summed E-state index contributed by atoms with van der Waals surface area (Å²) in [6.45, 7) is 8.23. The first kappa shape index (κ1) is 15.6. The number of aromatic nitrogens is 6. The first-order valence-electron chi connectivity index (χ1n) is 7.84. The molecule has 3 heterocycles. The van der Waals surface area contributed by atoms with E-state index in [1.807, 2.05) is 21.6 Å². The predicted molar refractivity (Wildman–Crippen MR) is 83.7 cm³/mol. The first-order chi connectivity index (χ1) is 11.0. The smallest absolute Gasteiger partial charge is 0.222 e. The molecule has 1 atom stereocenters. The Kier molecular flexibility index (Phi) is 4.37. The highest BCUT2D eigenvalue weighted by molar-refractivity contribution is 5.87. The fraction of sp³-hybridized carbons (Fsp3) is 0.643. The molecule has 1 aliphatic heterocycles.